The molecule has 3 N–H and O–H groups in total. The van der Waals surface area contributed by atoms with Gasteiger partial charge in [0.2, 0.25) is 5.91 Å². The maximum atomic E-state index is 11.6. The number of benzene rings is 6. The molecule has 0 unspecified atom stereocenters. The van der Waals surface area contributed by atoms with Crippen LogP contribution >= 0.6 is 22.7 Å². The van der Waals surface area contributed by atoms with Crippen molar-refractivity contribution in [1.29, 1.82) is 0 Å². The summed E-state index contributed by atoms with van der Waals surface area (Å²) >= 11 is 3.61. The number of primary amides is 1. The van der Waals surface area contributed by atoms with Gasteiger partial charge in [-0.1, -0.05) is 36.4 Å². The first-order valence-electron chi connectivity index (χ1n) is 22.1. The maximum Gasteiger partial charge on any atom is 0.336 e. The van der Waals surface area contributed by atoms with Crippen LogP contribution in [0.25, 0.3) is 41.7 Å². The molecule has 6 aromatic carbocycles. The number of fused-ring (bicyclic) bond motifs is 4. The van der Waals surface area contributed by atoms with E-state index in [-0.39, 0.29) is 0 Å². The average Bonchev–Trinajstić information content (AvgIpc) is 4.03. The van der Waals surface area contributed by atoms with Crippen LogP contribution in [-0.2, 0) is 0 Å². The normalized spacial score (nSPS) is 14.8. The molecule has 2 saturated heterocycles. The standard InChI is InChI=1S/C26H27N3O2S.C26H26N2O3S/c27-26(30)22-5-1-4-19-18-20(8-9-21(19)22)31-16-3-11-28-12-14-29(15-13-28)24-6-2-7-25-23(24)10-17-32-25;29-26(30)22-5-1-4-19-18-20(8-9-21(19)22)31-16-3-11-27-12-14-28(15-13-27)24-6-2-7-25-23(24)10-17-32-25/h1-2,4-10,17-18H,3,11-16H2,(H2,27,30);1-2,4-10,17-18H,3,11-16H2,(H,29,30). The Morgan fingerprint density at radius 1 is 0.531 bits per heavy atom. The fourth-order valence-electron chi connectivity index (χ4n) is 8.99. The summed E-state index contributed by atoms with van der Waals surface area (Å²) in [6, 6.07) is 40.0. The van der Waals surface area contributed by atoms with E-state index in [9.17, 15) is 14.7 Å². The number of carbonyl (C=O) groups is 2. The molecule has 328 valence electrons. The number of carbonyl (C=O) groups excluding carboxylic acids is 1. The average molecular weight is 892 g/mol. The first kappa shape index (κ1) is 43.1. The number of hydrogen-bond acceptors (Lipinski definition) is 10. The van der Waals surface area contributed by atoms with Crippen LogP contribution in [0.3, 0.4) is 0 Å². The molecule has 0 saturated carbocycles. The van der Waals surface area contributed by atoms with E-state index in [2.05, 4.69) is 78.9 Å². The third-order valence-corrected chi connectivity index (χ3v) is 14.1. The Balaban J connectivity index is 0.000000162. The van der Waals surface area contributed by atoms with Gasteiger partial charge in [-0.2, -0.15) is 0 Å². The van der Waals surface area contributed by atoms with Gasteiger partial charge in [-0.3, -0.25) is 14.6 Å². The summed E-state index contributed by atoms with van der Waals surface area (Å²) in [4.78, 5) is 33.0. The minimum absolute atomic E-state index is 0.323. The molecule has 2 aromatic heterocycles. The Labute approximate surface area is 381 Å². The summed E-state index contributed by atoms with van der Waals surface area (Å²) in [6.45, 7) is 11.9. The van der Waals surface area contributed by atoms with Crippen LogP contribution < -0.4 is 25.0 Å². The molecule has 12 heteroatoms. The zero-order chi connectivity index (χ0) is 43.8. The molecule has 8 aromatic rings. The highest BCUT2D eigenvalue weighted by Crippen LogP contribution is 2.33. The fourth-order valence-corrected chi connectivity index (χ4v) is 10.6. The van der Waals surface area contributed by atoms with Crippen molar-refractivity contribution in [3.8, 4) is 11.5 Å². The molecule has 0 atom stereocenters. The van der Waals surface area contributed by atoms with E-state index in [0.29, 0.717) is 24.3 Å². The van der Waals surface area contributed by atoms with Gasteiger partial charge in [-0.25, -0.2) is 4.79 Å². The van der Waals surface area contributed by atoms with Crippen LogP contribution in [-0.4, -0.2) is 105 Å². The number of piperazine rings is 2. The van der Waals surface area contributed by atoms with Crippen LogP contribution in [0.2, 0.25) is 0 Å². The lowest BCUT2D eigenvalue weighted by Crippen LogP contribution is -2.46. The second kappa shape index (κ2) is 20.1. The van der Waals surface area contributed by atoms with Crippen molar-refractivity contribution in [3.63, 3.8) is 0 Å². The third-order valence-electron chi connectivity index (χ3n) is 12.3. The zero-order valence-corrected chi connectivity index (χ0v) is 37.5. The number of anilines is 2. The summed E-state index contributed by atoms with van der Waals surface area (Å²) in [5, 5.41) is 19.9. The van der Waals surface area contributed by atoms with E-state index in [0.717, 1.165) is 111 Å². The van der Waals surface area contributed by atoms with Gasteiger partial charge in [0.1, 0.15) is 11.5 Å². The largest absolute Gasteiger partial charge is 0.494 e. The van der Waals surface area contributed by atoms with E-state index < -0.39 is 11.9 Å². The lowest BCUT2D eigenvalue weighted by Gasteiger charge is -2.36. The van der Waals surface area contributed by atoms with Gasteiger partial charge in [0, 0.05) is 103 Å². The number of carboxylic acids is 1. The minimum atomic E-state index is -0.906. The van der Waals surface area contributed by atoms with Crippen molar-refractivity contribution >= 4 is 87.6 Å². The fraction of sp³-hybridized carbons (Fsp3) is 0.269. The summed E-state index contributed by atoms with van der Waals surface area (Å²) in [7, 11) is 0. The van der Waals surface area contributed by atoms with Crippen LogP contribution in [0.1, 0.15) is 33.6 Å². The predicted molar refractivity (Wildman–Crippen MR) is 265 cm³/mol. The van der Waals surface area contributed by atoms with Crippen molar-refractivity contribution in [2.75, 3.05) is 88.5 Å². The molecule has 0 aliphatic carbocycles. The number of ether oxygens (including phenoxy) is 2. The lowest BCUT2D eigenvalue weighted by atomic mass is 10.0. The van der Waals surface area contributed by atoms with Crippen molar-refractivity contribution in [1.82, 2.24) is 9.80 Å². The molecule has 2 aliphatic rings. The monoisotopic (exact) mass is 891 g/mol. The highest BCUT2D eigenvalue weighted by Gasteiger charge is 2.20. The van der Waals surface area contributed by atoms with Crippen molar-refractivity contribution in [2.45, 2.75) is 12.8 Å². The molecule has 0 spiro atoms. The number of aromatic carboxylic acids is 1. The Hall–Kier alpha value is -6.18. The van der Waals surface area contributed by atoms with Gasteiger partial charge >= 0.3 is 5.97 Å². The van der Waals surface area contributed by atoms with Crippen LogP contribution in [0.4, 0.5) is 11.4 Å². The molecule has 4 heterocycles. The maximum absolute atomic E-state index is 11.6. The van der Waals surface area contributed by atoms with Crippen LogP contribution in [0, 0.1) is 0 Å². The Kier molecular flexibility index (Phi) is 13.5. The van der Waals surface area contributed by atoms with Crippen LogP contribution in [0.15, 0.2) is 132 Å². The molecule has 10 rings (SSSR count). The predicted octanol–water partition coefficient (Wildman–Crippen LogP) is 10.1. The van der Waals surface area contributed by atoms with Gasteiger partial charge in [0.25, 0.3) is 0 Å². The van der Waals surface area contributed by atoms with E-state index >= 15 is 0 Å². The third kappa shape index (κ3) is 9.95. The second-order valence-electron chi connectivity index (χ2n) is 16.3. The van der Waals surface area contributed by atoms with Crippen molar-refractivity contribution < 1.29 is 24.2 Å². The summed E-state index contributed by atoms with van der Waals surface area (Å²) in [6.07, 6.45) is 1.95. The molecule has 64 heavy (non-hydrogen) atoms. The SMILES string of the molecule is NC(=O)c1cccc2cc(OCCCN3CCN(c4cccc5sccc45)CC3)ccc12.O=C(O)c1cccc2cc(OCCCN3CCN(c4cccc5sccc45)CC3)ccc12. The summed E-state index contributed by atoms with van der Waals surface area (Å²) in [5.74, 6) is 0.300. The molecule has 1 amide bonds. The number of amides is 1. The number of thiophene rings is 2. The van der Waals surface area contributed by atoms with E-state index in [1.54, 1.807) is 29.5 Å². The molecule has 0 radical (unpaired) electrons. The van der Waals surface area contributed by atoms with E-state index in [1.807, 2.05) is 65.9 Å². The van der Waals surface area contributed by atoms with Crippen molar-refractivity contribution in [2.24, 2.45) is 5.73 Å². The quantitative estimate of drug-likeness (QED) is 0.103. The highest BCUT2D eigenvalue weighted by molar-refractivity contribution is 7.17. The first-order chi connectivity index (χ1) is 31.4. The van der Waals surface area contributed by atoms with Gasteiger partial charge in [-0.05, 0) is 130 Å². The molecular formula is C52H53N5O5S2. The van der Waals surface area contributed by atoms with Gasteiger partial charge in [0.15, 0.2) is 0 Å². The van der Waals surface area contributed by atoms with E-state index in [4.69, 9.17) is 15.2 Å². The smallest absolute Gasteiger partial charge is 0.336 e. The zero-order valence-electron chi connectivity index (χ0n) is 35.9. The number of nitrogens with zero attached hydrogens (tertiary/aromatic N) is 4. The molecule has 2 aliphatic heterocycles. The summed E-state index contributed by atoms with van der Waals surface area (Å²) < 4.78 is 14.7. The second-order valence-corrected chi connectivity index (χ2v) is 18.2. The Morgan fingerprint density at radius 3 is 1.45 bits per heavy atom. The van der Waals surface area contributed by atoms with Gasteiger partial charge in [0.05, 0.1) is 18.8 Å². The Bertz CT molecular complexity index is 2680. The number of hydrogen-bond donors (Lipinski definition) is 2. The minimum Gasteiger partial charge on any atom is -0.494 e. The molecule has 10 nitrogen and oxygen atoms in total. The van der Waals surface area contributed by atoms with Gasteiger partial charge < -0.3 is 30.1 Å². The topological polar surface area (TPSA) is 112 Å². The van der Waals surface area contributed by atoms with Crippen molar-refractivity contribution in [3.05, 3.63) is 143 Å². The lowest BCUT2D eigenvalue weighted by molar-refractivity contribution is 0.0698. The van der Waals surface area contributed by atoms with Gasteiger partial charge in [-0.15, -0.1) is 22.7 Å². The number of carboxylic acid groups (broad SMARTS) is 1. The molecular weight excluding hydrogens is 839 g/mol. The van der Waals surface area contributed by atoms with Crippen LogP contribution in [0.5, 0.6) is 11.5 Å². The first-order valence-corrected chi connectivity index (χ1v) is 23.9. The molecule has 0 bridgehead atoms. The number of nitrogens with two attached hydrogens (primary N) is 1. The summed E-state index contributed by atoms with van der Waals surface area (Å²) in [5.41, 5.74) is 9.06. The number of rotatable bonds is 14. The molecule has 2 fully saturated rings. The highest BCUT2D eigenvalue weighted by atomic mass is 32.1. The Morgan fingerprint density at radius 2 is 0.984 bits per heavy atom. The van der Waals surface area contributed by atoms with E-state index in [1.165, 1.54) is 31.5 Å².